The van der Waals surface area contributed by atoms with E-state index in [1.54, 1.807) is 5.56 Å². The zero-order valence-corrected chi connectivity index (χ0v) is 12.6. The molecule has 3 heteroatoms. The van der Waals surface area contributed by atoms with Crippen molar-refractivity contribution in [2.24, 2.45) is 5.92 Å². The first-order valence-electron chi connectivity index (χ1n) is 8.24. The minimum atomic E-state index is -0.661. The molecule has 1 unspecified atom stereocenters. The molecule has 1 saturated heterocycles. The maximum Gasteiger partial charge on any atom is 0.303 e. The van der Waals surface area contributed by atoms with Crippen molar-refractivity contribution in [3.63, 3.8) is 0 Å². The Morgan fingerprint density at radius 1 is 1.24 bits per heavy atom. The van der Waals surface area contributed by atoms with Gasteiger partial charge in [0.05, 0.1) is 0 Å². The third kappa shape index (κ3) is 4.07. The van der Waals surface area contributed by atoms with Crippen LogP contribution in [-0.2, 0) is 11.3 Å². The van der Waals surface area contributed by atoms with E-state index >= 15 is 0 Å². The van der Waals surface area contributed by atoms with Gasteiger partial charge in [-0.3, -0.25) is 9.69 Å². The van der Waals surface area contributed by atoms with Gasteiger partial charge >= 0.3 is 5.97 Å². The molecule has 1 N–H and O–H groups in total. The zero-order valence-electron chi connectivity index (χ0n) is 12.6. The van der Waals surface area contributed by atoms with Gasteiger partial charge in [0.1, 0.15) is 0 Å². The predicted molar refractivity (Wildman–Crippen MR) is 83.3 cm³/mol. The average Bonchev–Trinajstić information content (AvgIpc) is 3.31. The van der Waals surface area contributed by atoms with Crippen molar-refractivity contribution in [1.29, 1.82) is 0 Å². The first kappa shape index (κ1) is 14.6. The van der Waals surface area contributed by atoms with Crippen LogP contribution in [0, 0.1) is 5.92 Å². The van der Waals surface area contributed by atoms with Gasteiger partial charge in [0.25, 0.3) is 0 Å². The monoisotopic (exact) mass is 287 g/mol. The number of hydrogen-bond acceptors (Lipinski definition) is 2. The van der Waals surface area contributed by atoms with Gasteiger partial charge < -0.3 is 5.11 Å². The van der Waals surface area contributed by atoms with Crippen LogP contribution in [0.1, 0.15) is 55.6 Å². The van der Waals surface area contributed by atoms with Crippen LogP contribution in [0.5, 0.6) is 0 Å². The normalized spacial score (nSPS) is 23.1. The molecule has 0 amide bonds. The quantitative estimate of drug-likeness (QED) is 0.868. The van der Waals surface area contributed by atoms with Crippen molar-refractivity contribution in [1.82, 2.24) is 4.90 Å². The van der Waals surface area contributed by atoms with Gasteiger partial charge in [-0.2, -0.15) is 0 Å². The molecule has 1 aliphatic heterocycles. The van der Waals surface area contributed by atoms with Crippen LogP contribution in [0.25, 0.3) is 0 Å². The maximum absolute atomic E-state index is 10.7. The first-order chi connectivity index (χ1) is 10.2. The van der Waals surface area contributed by atoms with Crippen LogP contribution < -0.4 is 0 Å². The summed E-state index contributed by atoms with van der Waals surface area (Å²) in [6, 6.07) is 8.86. The summed E-state index contributed by atoms with van der Waals surface area (Å²) in [6.45, 7) is 3.26. The molecule has 3 nitrogen and oxygen atoms in total. The van der Waals surface area contributed by atoms with Gasteiger partial charge in [-0.05, 0) is 61.6 Å². The molecule has 0 spiro atoms. The number of rotatable bonds is 6. The number of aliphatic carboxylic acids is 1. The Bertz CT molecular complexity index is 496. The maximum atomic E-state index is 10.7. The molecule has 0 bridgehead atoms. The second kappa shape index (κ2) is 6.61. The van der Waals surface area contributed by atoms with Crippen LogP contribution in [-0.4, -0.2) is 29.1 Å². The highest BCUT2D eigenvalue weighted by Crippen LogP contribution is 2.42. The molecule has 1 saturated carbocycles. The van der Waals surface area contributed by atoms with E-state index in [-0.39, 0.29) is 0 Å². The van der Waals surface area contributed by atoms with Gasteiger partial charge in [-0.15, -0.1) is 0 Å². The number of nitrogens with zero attached hydrogens (tertiary/aromatic N) is 1. The second-order valence-corrected chi connectivity index (χ2v) is 6.65. The molecule has 2 fully saturated rings. The molecule has 114 valence electrons. The number of carboxylic acids is 1. The highest BCUT2D eigenvalue weighted by atomic mass is 16.4. The van der Waals surface area contributed by atoms with Crippen molar-refractivity contribution in [2.45, 2.75) is 51.0 Å². The molecule has 21 heavy (non-hydrogen) atoms. The molecular weight excluding hydrogens is 262 g/mol. The van der Waals surface area contributed by atoms with Gasteiger partial charge in [0, 0.05) is 19.5 Å². The number of piperidine rings is 1. The number of carbonyl (C=O) groups is 1. The van der Waals surface area contributed by atoms with Crippen molar-refractivity contribution < 1.29 is 9.90 Å². The lowest BCUT2D eigenvalue weighted by molar-refractivity contribution is -0.137. The highest BCUT2D eigenvalue weighted by Gasteiger charge is 2.27. The highest BCUT2D eigenvalue weighted by molar-refractivity contribution is 5.66. The summed E-state index contributed by atoms with van der Waals surface area (Å²) in [7, 11) is 0. The Kier molecular flexibility index (Phi) is 4.59. The molecule has 3 rings (SSSR count). The summed E-state index contributed by atoms with van der Waals surface area (Å²) in [6.07, 6.45) is 6.23. The summed E-state index contributed by atoms with van der Waals surface area (Å²) in [5.41, 5.74) is 3.03. The van der Waals surface area contributed by atoms with Crippen LogP contribution in [0.15, 0.2) is 24.3 Å². The molecule has 1 atom stereocenters. The number of carboxylic acid groups (broad SMARTS) is 1. The Balaban J connectivity index is 1.58. The van der Waals surface area contributed by atoms with Crippen LogP contribution >= 0.6 is 0 Å². The van der Waals surface area contributed by atoms with Crippen LogP contribution in [0.2, 0.25) is 0 Å². The van der Waals surface area contributed by atoms with E-state index < -0.39 is 5.97 Å². The molecule has 1 aromatic rings. The SMILES string of the molecule is O=C(O)CCC1CCCN(Cc2ccccc2C2CC2)C1. The summed E-state index contributed by atoms with van der Waals surface area (Å²) in [5, 5.41) is 8.84. The minimum absolute atomic E-state index is 0.317. The van der Waals surface area contributed by atoms with E-state index in [4.69, 9.17) is 5.11 Å². The predicted octanol–water partition coefficient (Wildman–Crippen LogP) is 3.64. The topological polar surface area (TPSA) is 40.5 Å². The molecule has 1 heterocycles. The Morgan fingerprint density at radius 2 is 2.05 bits per heavy atom. The van der Waals surface area contributed by atoms with E-state index in [1.165, 1.54) is 31.2 Å². The number of likely N-dealkylation sites (tertiary alicyclic amines) is 1. The van der Waals surface area contributed by atoms with Gasteiger partial charge in [-0.25, -0.2) is 0 Å². The van der Waals surface area contributed by atoms with E-state index in [0.717, 1.165) is 32.0 Å². The lowest BCUT2D eigenvalue weighted by Crippen LogP contribution is -2.35. The standard InChI is InChI=1S/C18H25NO2/c20-18(21)10-7-14-4-3-11-19(12-14)13-16-5-1-2-6-17(16)15-8-9-15/h1-2,5-6,14-15H,3-4,7-13H2,(H,20,21). The summed E-state index contributed by atoms with van der Waals surface area (Å²) in [4.78, 5) is 13.3. The number of benzene rings is 1. The Morgan fingerprint density at radius 3 is 2.81 bits per heavy atom. The smallest absolute Gasteiger partial charge is 0.303 e. The second-order valence-electron chi connectivity index (χ2n) is 6.65. The van der Waals surface area contributed by atoms with Crippen LogP contribution in [0.3, 0.4) is 0 Å². The molecule has 0 aromatic heterocycles. The van der Waals surface area contributed by atoms with Gasteiger partial charge in [-0.1, -0.05) is 24.3 Å². The van der Waals surface area contributed by atoms with E-state index in [0.29, 0.717) is 12.3 Å². The van der Waals surface area contributed by atoms with E-state index in [1.807, 2.05) is 0 Å². The van der Waals surface area contributed by atoms with Crippen LogP contribution in [0.4, 0.5) is 0 Å². The van der Waals surface area contributed by atoms with Gasteiger partial charge in [0.2, 0.25) is 0 Å². The fourth-order valence-corrected chi connectivity index (χ4v) is 3.57. The molecule has 1 aromatic carbocycles. The lowest BCUT2D eigenvalue weighted by atomic mass is 9.92. The van der Waals surface area contributed by atoms with Gasteiger partial charge in [0.15, 0.2) is 0 Å². The first-order valence-corrected chi connectivity index (χ1v) is 8.24. The van der Waals surface area contributed by atoms with Crippen molar-refractivity contribution in [2.75, 3.05) is 13.1 Å². The molecular formula is C18H25NO2. The fraction of sp³-hybridized carbons (Fsp3) is 0.611. The lowest BCUT2D eigenvalue weighted by Gasteiger charge is -2.33. The number of hydrogen-bond donors (Lipinski definition) is 1. The van der Waals surface area contributed by atoms with Crippen molar-refractivity contribution >= 4 is 5.97 Å². The zero-order chi connectivity index (χ0) is 14.7. The summed E-state index contributed by atoms with van der Waals surface area (Å²) >= 11 is 0. The minimum Gasteiger partial charge on any atom is -0.481 e. The Labute approximate surface area is 127 Å². The largest absolute Gasteiger partial charge is 0.481 e. The van der Waals surface area contributed by atoms with Crippen molar-refractivity contribution in [3.8, 4) is 0 Å². The van der Waals surface area contributed by atoms with E-state index in [2.05, 4.69) is 29.2 Å². The van der Waals surface area contributed by atoms with E-state index in [9.17, 15) is 4.79 Å². The molecule has 2 aliphatic rings. The molecule has 0 radical (unpaired) electrons. The third-order valence-corrected chi connectivity index (χ3v) is 4.84. The molecule has 1 aliphatic carbocycles. The van der Waals surface area contributed by atoms with Crippen molar-refractivity contribution in [3.05, 3.63) is 35.4 Å². The summed E-state index contributed by atoms with van der Waals surface area (Å²) < 4.78 is 0. The fourth-order valence-electron chi connectivity index (χ4n) is 3.57. The average molecular weight is 287 g/mol. The third-order valence-electron chi connectivity index (χ3n) is 4.84. The Hall–Kier alpha value is -1.35. The summed E-state index contributed by atoms with van der Waals surface area (Å²) in [5.74, 6) is 0.697.